The van der Waals surface area contributed by atoms with Crippen LogP contribution in [0.2, 0.25) is 0 Å². The summed E-state index contributed by atoms with van der Waals surface area (Å²) in [7, 11) is 0. The zero-order valence-electron chi connectivity index (χ0n) is 12.3. The molecule has 3 heteroatoms. The van der Waals surface area contributed by atoms with E-state index in [1.54, 1.807) is 0 Å². The number of aliphatic hydroxyl groups excluding tert-OH is 1. The Kier molecular flexibility index (Phi) is 5.07. The Labute approximate surface area is 131 Å². The number of hydrogen-bond acceptors (Lipinski definition) is 3. The van der Waals surface area contributed by atoms with E-state index in [2.05, 4.69) is 34.5 Å². The van der Waals surface area contributed by atoms with Gasteiger partial charge in [0.15, 0.2) is 0 Å². The molecular formula is C18H23NOS. The summed E-state index contributed by atoms with van der Waals surface area (Å²) in [5.74, 6) is 0.449. The van der Waals surface area contributed by atoms with E-state index in [0.29, 0.717) is 5.92 Å². The van der Waals surface area contributed by atoms with E-state index in [4.69, 9.17) is 0 Å². The second-order valence-electron chi connectivity index (χ2n) is 5.95. The van der Waals surface area contributed by atoms with Crippen molar-refractivity contribution in [1.82, 2.24) is 4.90 Å². The fourth-order valence-corrected chi connectivity index (χ4v) is 3.89. The molecule has 0 saturated carbocycles. The van der Waals surface area contributed by atoms with Crippen LogP contribution in [0.3, 0.4) is 0 Å². The van der Waals surface area contributed by atoms with Crippen LogP contribution in [-0.2, 0) is 13.0 Å². The van der Waals surface area contributed by atoms with E-state index >= 15 is 0 Å². The van der Waals surface area contributed by atoms with Crippen LogP contribution < -0.4 is 0 Å². The highest BCUT2D eigenvalue weighted by atomic mass is 32.1. The fraction of sp³-hybridized carbons (Fsp3) is 0.444. The predicted octanol–water partition coefficient (Wildman–Crippen LogP) is 3.56. The molecule has 3 rings (SSSR count). The van der Waals surface area contributed by atoms with Gasteiger partial charge in [-0.3, -0.25) is 4.90 Å². The van der Waals surface area contributed by atoms with Crippen LogP contribution in [0.1, 0.15) is 23.3 Å². The Hall–Kier alpha value is -1.16. The largest absolute Gasteiger partial charge is 0.392 e. The normalized spacial score (nSPS) is 18.7. The van der Waals surface area contributed by atoms with Crippen molar-refractivity contribution in [3.05, 3.63) is 58.3 Å². The summed E-state index contributed by atoms with van der Waals surface area (Å²) in [6.45, 7) is 3.28. The summed E-state index contributed by atoms with van der Waals surface area (Å²) < 4.78 is 0. The van der Waals surface area contributed by atoms with Gasteiger partial charge in [0.05, 0.1) is 6.10 Å². The molecule has 21 heavy (non-hydrogen) atoms. The van der Waals surface area contributed by atoms with Crippen molar-refractivity contribution in [2.45, 2.75) is 31.9 Å². The zero-order chi connectivity index (χ0) is 14.5. The molecule has 2 nitrogen and oxygen atoms in total. The number of rotatable bonds is 5. The highest BCUT2D eigenvalue weighted by Gasteiger charge is 2.25. The lowest BCUT2D eigenvalue weighted by molar-refractivity contribution is 0.0579. The van der Waals surface area contributed by atoms with Gasteiger partial charge < -0.3 is 5.11 Å². The smallest absolute Gasteiger partial charge is 0.0609 e. The van der Waals surface area contributed by atoms with E-state index in [-0.39, 0.29) is 6.10 Å². The molecule has 0 radical (unpaired) electrons. The molecule has 1 aromatic heterocycles. The monoisotopic (exact) mass is 301 g/mol. The number of hydrogen-bond donors (Lipinski definition) is 1. The molecule has 2 heterocycles. The Morgan fingerprint density at radius 2 is 1.86 bits per heavy atom. The average Bonchev–Trinajstić information content (AvgIpc) is 3.02. The highest BCUT2D eigenvalue weighted by Crippen LogP contribution is 2.24. The third-order valence-corrected chi connectivity index (χ3v) is 5.28. The molecule has 0 unspecified atom stereocenters. The fourth-order valence-electron chi connectivity index (χ4n) is 3.14. The molecule has 112 valence electrons. The van der Waals surface area contributed by atoms with Crippen LogP contribution in [0.25, 0.3) is 0 Å². The predicted molar refractivity (Wildman–Crippen MR) is 88.5 cm³/mol. The third kappa shape index (κ3) is 4.16. The molecule has 1 aliphatic rings. The highest BCUT2D eigenvalue weighted by molar-refractivity contribution is 7.09. The molecule has 2 aromatic rings. The van der Waals surface area contributed by atoms with E-state index in [0.717, 1.165) is 38.9 Å². The molecular weight excluding hydrogens is 278 g/mol. The van der Waals surface area contributed by atoms with Crippen LogP contribution in [0.4, 0.5) is 0 Å². The summed E-state index contributed by atoms with van der Waals surface area (Å²) in [4.78, 5) is 3.95. The van der Waals surface area contributed by atoms with Crippen LogP contribution >= 0.6 is 11.3 Å². The van der Waals surface area contributed by atoms with Gasteiger partial charge in [-0.25, -0.2) is 0 Å². The van der Waals surface area contributed by atoms with E-state index in [9.17, 15) is 5.11 Å². The van der Waals surface area contributed by atoms with E-state index < -0.39 is 0 Å². The number of benzene rings is 1. The van der Waals surface area contributed by atoms with Gasteiger partial charge in [-0.2, -0.15) is 0 Å². The van der Waals surface area contributed by atoms with Gasteiger partial charge in [-0.05, 0) is 55.3 Å². The van der Waals surface area contributed by atoms with Gasteiger partial charge in [0.1, 0.15) is 0 Å². The molecule has 0 amide bonds. The van der Waals surface area contributed by atoms with Crippen LogP contribution in [0.5, 0.6) is 0 Å². The van der Waals surface area contributed by atoms with Gasteiger partial charge >= 0.3 is 0 Å². The minimum Gasteiger partial charge on any atom is -0.392 e. The van der Waals surface area contributed by atoms with Crippen molar-refractivity contribution in [2.75, 3.05) is 13.1 Å². The van der Waals surface area contributed by atoms with Crippen molar-refractivity contribution in [1.29, 1.82) is 0 Å². The Bertz CT molecular complexity index is 517. The topological polar surface area (TPSA) is 23.5 Å². The molecule has 0 bridgehead atoms. The second-order valence-corrected chi connectivity index (χ2v) is 6.98. The van der Waals surface area contributed by atoms with Gasteiger partial charge in [0.2, 0.25) is 0 Å². The number of thiophene rings is 1. The number of nitrogens with zero attached hydrogens (tertiary/aromatic N) is 1. The number of likely N-dealkylation sites (tertiary alicyclic amines) is 1. The van der Waals surface area contributed by atoms with Crippen molar-refractivity contribution < 1.29 is 5.11 Å². The Morgan fingerprint density at radius 3 is 2.52 bits per heavy atom. The summed E-state index contributed by atoms with van der Waals surface area (Å²) in [5.41, 5.74) is 1.24. The zero-order valence-corrected chi connectivity index (χ0v) is 13.1. The lowest BCUT2D eigenvalue weighted by Crippen LogP contribution is -2.37. The SMILES string of the molecule is O[C@H](Cc1ccccc1)C1CCN(Cc2cccs2)CC1. The van der Waals surface area contributed by atoms with Crippen molar-refractivity contribution >= 4 is 11.3 Å². The number of aliphatic hydroxyl groups is 1. The summed E-state index contributed by atoms with van der Waals surface area (Å²) in [6, 6.07) is 14.7. The third-order valence-electron chi connectivity index (χ3n) is 4.42. The van der Waals surface area contributed by atoms with Crippen LogP contribution in [-0.4, -0.2) is 29.2 Å². The van der Waals surface area contributed by atoms with E-state index in [1.807, 2.05) is 29.5 Å². The first-order valence-corrected chi connectivity index (χ1v) is 8.66. The molecule has 1 fully saturated rings. The van der Waals surface area contributed by atoms with Gasteiger partial charge in [-0.1, -0.05) is 36.4 Å². The lowest BCUT2D eigenvalue weighted by Gasteiger charge is -2.34. The van der Waals surface area contributed by atoms with E-state index in [1.165, 1.54) is 10.4 Å². The average molecular weight is 301 g/mol. The lowest BCUT2D eigenvalue weighted by atomic mass is 9.88. The maximum absolute atomic E-state index is 10.5. The van der Waals surface area contributed by atoms with Crippen LogP contribution in [0.15, 0.2) is 47.8 Å². The Balaban J connectivity index is 1.46. The van der Waals surface area contributed by atoms with Gasteiger partial charge in [0, 0.05) is 11.4 Å². The standard InChI is InChI=1S/C18H23NOS/c20-18(13-15-5-2-1-3-6-15)16-8-10-19(11-9-16)14-17-7-4-12-21-17/h1-7,12,16,18,20H,8-11,13-14H2/t18-/m1/s1. The molecule has 1 aliphatic heterocycles. The van der Waals surface area contributed by atoms with Gasteiger partial charge in [0.25, 0.3) is 0 Å². The minimum atomic E-state index is -0.198. The first kappa shape index (κ1) is 14.8. The van der Waals surface area contributed by atoms with Crippen molar-refractivity contribution in [3.8, 4) is 0 Å². The molecule has 0 spiro atoms. The maximum Gasteiger partial charge on any atom is 0.0609 e. The quantitative estimate of drug-likeness (QED) is 0.912. The summed E-state index contributed by atoms with van der Waals surface area (Å²) in [5, 5.41) is 12.6. The Morgan fingerprint density at radius 1 is 1.10 bits per heavy atom. The first-order chi connectivity index (χ1) is 10.3. The van der Waals surface area contributed by atoms with Crippen molar-refractivity contribution in [2.24, 2.45) is 5.92 Å². The molecule has 1 atom stereocenters. The maximum atomic E-state index is 10.5. The molecule has 1 aromatic carbocycles. The molecule has 1 N–H and O–H groups in total. The summed E-state index contributed by atoms with van der Waals surface area (Å²) in [6.07, 6.45) is 2.81. The first-order valence-electron chi connectivity index (χ1n) is 7.78. The summed E-state index contributed by atoms with van der Waals surface area (Å²) >= 11 is 1.83. The minimum absolute atomic E-state index is 0.198. The number of piperidine rings is 1. The molecule has 0 aliphatic carbocycles. The molecule has 1 saturated heterocycles. The second kappa shape index (κ2) is 7.21. The van der Waals surface area contributed by atoms with Crippen molar-refractivity contribution in [3.63, 3.8) is 0 Å². The van der Waals surface area contributed by atoms with Crippen LogP contribution in [0, 0.1) is 5.92 Å². The van der Waals surface area contributed by atoms with Gasteiger partial charge in [-0.15, -0.1) is 11.3 Å².